The van der Waals surface area contributed by atoms with Crippen molar-refractivity contribution in [3.63, 3.8) is 0 Å². The SMILES string of the molecule is CNc1ncc(-c2cc3c(n2C(C)C)C(c2ccc(Cl)cc2)N(c2cc(Cl)c[nH]c2=O)C3=O)c(OC)n1. The lowest BCUT2D eigenvalue weighted by molar-refractivity contribution is 0.0993. The van der Waals surface area contributed by atoms with Gasteiger partial charge in [-0.3, -0.25) is 14.5 Å². The van der Waals surface area contributed by atoms with Gasteiger partial charge in [0, 0.05) is 30.5 Å². The second-order valence-electron chi connectivity index (χ2n) is 8.82. The Hall–Kier alpha value is -3.82. The highest BCUT2D eigenvalue weighted by atomic mass is 35.5. The number of anilines is 2. The third-order valence-electron chi connectivity index (χ3n) is 6.30. The number of methoxy groups -OCH3 is 1. The molecule has 0 spiro atoms. The van der Waals surface area contributed by atoms with Gasteiger partial charge in [-0.1, -0.05) is 35.3 Å². The Bertz CT molecular complexity index is 1560. The zero-order valence-electron chi connectivity index (χ0n) is 20.5. The van der Waals surface area contributed by atoms with Crippen molar-refractivity contribution in [1.82, 2.24) is 19.5 Å². The molecule has 0 saturated heterocycles. The van der Waals surface area contributed by atoms with Crippen molar-refractivity contribution in [2.45, 2.75) is 25.9 Å². The van der Waals surface area contributed by atoms with Crippen molar-refractivity contribution < 1.29 is 9.53 Å². The van der Waals surface area contributed by atoms with E-state index in [4.69, 9.17) is 27.9 Å². The van der Waals surface area contributed by atoms with E-state index in [0.29, 0.717) is 33.0 Å². The number of pyridine rings is 1. The first-order valence-electron chi connectivity index (χ1n) is 11.6. The highest BCUT2D eigenvalue weighted by molar-refractivity contribution is 6.31. The number of ether oxygens (including phenoxy) is 1. The molecule has 2 N–H and O–H groups in total. The van der Waals surface area contributed by atoms with Crippen LogP contribution in [-0.4, -0.2) is 39.6 Å². The Balaban J connectivity index is 1.79. The molecule has 1 unspecified atom stereocenters. The minimum atomic E-state index is -0.612. The molecule has 4 heterocycles. The summed E-state index contributed by atoms with van der Waals surface area (Å²) in [7, 11) is 3.26. The second-order valence-corrected chi connectivity index (χ2v) is 9.69. The molecule has 5 rings (SSSR count). The molecule has 1 aliphatic heterocycles. The molecule has 1 aliphatic rings. The molecule has 1 aromatic carbocycles. The summed E-state index contributed by atoms with van der Waals surface area (Å²) in [5.74, 6) is 0.462. The maximum atomic E-state index is 14.0. The van der Waals surface area contributed by atoms with Crippen LogP contribution in [0.2, 0.25) is 10.0 Å². The van der Waals surface area contributed by atoms with Crippen LogP contribution in [0.25, 0.3) is 11.3 Å². The van der Waals surface area contributed by atoms with Gasteiger partial charge in [-0.05, 0) is 43.7 Å². The molecule has 11 heteroatoms. The van der Waals surface area contributed by atoms with Crippen LogP contribution in [0, 0.1) is 0 Å². The topological polar surface area (TPSA) is 105 Å². The minimum Gasteiger partial charge on any atom is -0.480 e. The van der Waals surface area contributed by atoms with Gasteiger partial charge >= 0.3 is 0 Å². The van der Waals surface area contributed by atoms with Crippen molar-refractivity contribution in [3.8, 4) is 17.1 Å². The number of aromatic nitrogens is 4. The smallest absolute Gasteiger partial charge is 0.272 e. The maximum absolute atomic E-state index is 14.0. The number of aromatic amines is 1. The number of hydrogen-bond donors (Lipinski definition) is 2. The lowest BCUT2D eigenvalue weighted by atomic mass is 10.0. The fraction of sp³-hybridized carbons (Fsp3) is 0.231. The van der Waals surface area contributed by atoms with Gasteiger partial charge in [0.05, 0.1) is 34.6 Å². The van der Waals surface area contributed by atoms with Crippen molar-refractivity contribution >= 4 is 40.7 Å². The zero-order chi connectivity index (χ0) is 26.4. The van der Waals surface area contributed by atoms with Gasteiger partial charge < -0.3 is 19.6 Å². The molecule has 1 atom stereocenters. The predicted molar refractivity (Wildman–Crippen MR) is 144 cm³/mol. The Morgan fingerprint density at radius 3 is 2.46 bits per heavy atom. The van der Waals surface area contributed by atoms with Gasteiger partial charge in [-0.2, -0.15) is 4.98 Å². The highest BCUT2D eigenvalue weighted by Crippen LogP contribution is 2.46. The van der Waals surface area contributed by atoms with Gasteiger partial charge in [0.2, 0.25) is 11.8 Å². The van der Waals surface area contributed by atoms with Crippen LogP contribution >= 0.6 is 23.2 Å². The van der Waals surface area contributed by atoms with Crippen LogP contribution in [0.1, 0.15) is 47.5 Å². The van der Waals surface area contributed by atoms with Gasteiger partial charge in [-0.15, -0.1) is 0 Å². The number of amides is 1. The van der Waals surface area contributed by atoms with Crippen LogP contribution in [0.3, 0.4) is 0 Å². The molecular formula is C26H24Cl2N6O3. The van der Waals surface area contributed by atoms with E-state index in [2.05, 4.69) is 24.8 Å². The lowest BCUT2D eigenvalue weighted by Crippen LogP contribution is -2.34. The molecule has 0 saturated carbocycles. The fourth-order valence-corrected chi connectivity index (χ4v) is 5.05. The molecule has 3 aromatic heterocycles. The molecule has 0 fully saturated rings. The van der Waals surface area contributed by atoms with Crippen molar-refractivity contribution in [1.29, 1.82) is 0 Å². The normalized spacial score (nSPS) is 14.8. The van der Waals surface area contributed by atoms with Gasteiger partial charge in [0.15, 0.2) is 0 Å². The Morgan fingerprint density at radius 1 is 1.08 bits per heavy atom. The maximum Gasteiger partial charge on any atom is 0.272 e. The van der Waals surface area contributed by atoms with Crippen LogP contribution in [-0.2, 0) is 0 Å². The average Bonchev–Trinajstić information content (AvgIpc) is 3.40. The molecule has 0 bridgehead atoms. The van der Waals surface area contributed by atoms with E-state index in [1.807, 2.05) is 26.0 Å². The molecule has 9 nitrogen and oxygen atoms in total. The number of carbonyl (C=O) groups is 1. The Labute approximate surface area is 223 Å². The summed E-state index contributed by atoms with van der Waals surface area (Å²) in [5.41, 5.74) is 3.09. The first-order valence-corrected chi connectivity index (χ1v) is 12.3. The number of H-pyrrole nitrogens is 1. The highest BCUT2D eigenvalue weighted by Gasteiger charge is 2.44. The third-order valence-corrected chi connectivity index (χ3v) is 6.77. The van der Waals surface area contributed by atoms with E-state index in [-0.39, 0.29) is 17.6 Å². The van der Waals surface area contributed by atoms with Crippen LogP contribution in [0.15, 0.2) is 53.6 Å². The van der Waals surface area contributed by atoms with Gasteiger partial charge in [-0.25, -0.2) is 4.98 Å². The number of rotatable bonds is 6. The Kier molecular flexibility index (Phi) is 6.43. The van der Waals surface area contributed by atoms with Crippen molar-refractivity contribution in [2.24, 2.45) is 0 Å². The van der Waals surface area contributed by atoms with E-state index in [0.717, 1.165) is 17.0 Å². The zero-order valence-corrected chi connectivity index (χ0v) is 22.1. The number of carbonyl (C=O) groups excluding carboxylic acids is 1. The molecule has 4 aromatic rings. The third kappa shape index (κ3) is 4.14. The number of hydrogen-bond acceptors (Lipinski definition) is 6. The molecular weight excluding hydrogens is 515 g/mol. The Morgan fingerprint density at radius 2 is 1.81 bits per heavy atom. The summed E-state index contributed by atoms with van der Waals surface area (Å²) in [5, 5.41) is 3.78. The largest absolute Gasteiger partial charge is 0.480 e. The van der Waals surface area contributed by atoms with Gasteiger partial charge in [0.25, 0.3) is 11.5 Å². The average molecular weight is 539 g/mol. The molecule has 37 heavy (non-hydrogen) atoms. The molecule has 1 amide bonds. The second kappa shape index (κ2) is 9.57. The standard InChI is InChI=1S/C26H24Cl2N6O3/c1-13(2)33-19(18-12-31-26(29-3)32-24(18)37-4)10-17-22(33)21(14-5-7-15(27)8-6-14)34(25(17)36)20-9-16(28)11-30-23(20)35/h5-13,21H,1-4H3,(H,30,35)(H,29,31,32). The van der Waals surface area contributed by atoms with Crippen LogP contribution in [0.5, 0.6) is 5.88 Å². The van der Waals surface area contributed by atoms with E-state index in [9.17, 15) is 9.59 Å². The molecule has 190 valence electrons. The minimum absolute atomic E-state index is 0.0624. The summed E-state index contributed by atoms with van der Waals surface area (Å²) in [4.78, 5) is 39.8. The first kappa shape index (κ1) is 24.9. The number of halogens is 2. The lowest BCUT2D eigenvalue weighted by Gasteiger charge is -2.28. The van der Waals surface area contributed by atoms with E-state index < -0.39 is 11.6 Å². The summed E-state index contributed by atoms with van der Waals surface area (Å²) in [6.45, 7) is 4.05. The van der Waals surface area contributed by atoms with Crippen LogP contribution < -0.4 is 20.5 Å². The quantitative estimate of drug-likeness (QED) is 0.344. The molecule has 0 aliphatic carbocycles. The number of fused-ring (bicyclic) bond motifs is 1. The van der Waals surface area contributed by atoms with E-state index in [1.165, 1.54) is 24.3 Å². The fourth-order valence-electron chi connectivity index (χ4n) is 4.77. The summed E-state index contributed by atoms with van der Waals surface area (Å²) >= 11 is 12.4. The van der Waals surface area contributed by atoms with Gasteiger partial charge in [0.1, 0.15) is 11.7 Å². The molecule has 0 radical (unpaired) electrons. The van der Waals surface area contributed by atoms with Crippen LogP contribution in [0.4, 0.5) is 11.6 Å². The summed E-state index contributed by atoms with van der Waals surface area (Å²) < 4.78 is 7.64. The number of nitrogens with one attached hydrogen (secondary N) is 2. The summed E-state index contributed by atoms with van der Waals surface area (Å²) in [6, 6.07) is 9.85. The van der Waals surface area contributed by atoms with E-state index >= 15 is 0 Å². The number of nitrogens with zero attached hydrogens (tertiary/aromatic N) is 4. The monoisotopic (exact) mass is 538 g/mol. The van der Waals surface area contributed by atoms with Crippen molar-refractivity contribution in [3.05, 3.63) is 86.0 Å². The van der Waals surface area contributed by atoms with E-state index in [1.54, 1.807) is 31.4 Å². The summed E-state index contributed by atoms with van der Waals surface area (Å²) in [6.07, 6.45) is 3.06. The van der Waals surface area contributed by atoms with Crippen molar-refractivity contribution in [2.75, 3.05) is 24.4 Å². The first-order chi connectivity index (χ1) is 17.7. The predicted octanol–water partition coefficient (Wildman–Crippen LogP) is 5.32. The number of benzene rings is 1.